The van der Waals surface area contributed by atoms with Crippen molar-refractivity contribution in [2.75, 3.05) is 18.6 Å². The van der Waals surface area contributed by atoms with Crippen LogP contribution in [0, 0.1) is 5.92 Å². The topological polar surface area (TPSA) is 55.3 Å². The minimum atomic E-state index is -0.201. The Balaban J connectivity index is 1.92. The molecule has 102 valence electrons. The van der Waals surface area contributed by atoms with E-state index >= 15 is 0 Å². The minimum absolute atomic E-state index is 0.112. The maximum Gasteiger partial charge on any atom is 0.312 e. The molecule has 0 saturated carbocycles. The Kier molecular flexibility index (Phi) is 3.33. The largest absolute Gasteiger partial charge is 0.469 e. The molecule has 5 nitrogen and oxygen atoms in total. The Bertz CT molecular complexity index is 589. The Morgan fingerprint density at radius 3 is 2.55 bits per heavy atom. The van der Waals surface area contributed by atoms with E-state index < -0.39 is 0 Å². The van der Waals surface area contributed by atoms with Gasteiger partial charge in [-0.25, -0.2) is 4.98 Å². The summed E-state index contributed by atoms with van der Waals surface area (Å²) >= 11 is 0. The minimum Gasteiger partial charge on any atom is -0.469 e. The first-order valence-electron chi connectivity index (χ1n) is 6.47. The van der Waals surface area contributed by atoms with Crippen molar-refractivity contribution in [3.05, 3.63) is 54.5 Å². The third kappa shape index (κ3) is 2.11. The molecule has 3 heterocycles. The first-order valence-corrected chi connectivity index (χ1v) is 6.47. The molecule has 1 aliphatic rings. The second-order valence-corrected chi connectivity index (χ2v) is 4.67. The summed E-state index contributed by atoms with van der Waals surface area (Å²) in [7, 11) is 1.42. The standard InChI is InChI=1S/C15H15N3O2/c1-20-15(19)11-10-18(13-7-3-5-9-17-13)14(11)12-6-2-4-8-16-12/h2-9,11,14H,10H2,1H3. The Morgan fingerprint density at radius 2 is 1.95 bits per heavy atom. The van der Waals surface area contributed by atoms with Gasteiger partial charge in [-0.2, -0.15) is 0 Å². The number of anilines is 1. The van der Waals surface area contributed by atoms with Crippen LogP contribution in [0.2, 0.25) is 0 Å². The van der Waals surface area contributed by atoms with Crippen LogP contribution in [0.1, 0.15) is 11.7 Å². The van der Waals surface area contributed by atoms with Gasteiger partial charge in [0.2, 0.25) is 0 Å². The van der Waals surface area contributed by atoms with Crippen LogP contribution in [0.5, 0.6) is 0 Å². The summed E-state index contributed by atoms with van der Waals surface area (Å²) in [5, 5.41) is 0. The van der Waals surface area contributed by atoms with Crippen LogP contribution in [-0.4, -0.2) is 29.6 Å². The third-order valence-electron chi connectivity index (χ3n) is 3.55. The number of nitrogens with zero attached hydrogens (tertiary/aromatic N) is 3. The average Bonchev–Trinajstić information content (AvgIpc) is 2.48. The number of rotatable bonds is 3. The molecule has 1 saturated heterocycles. The average molecular weight is 269 g/mol. The van der Waals surface area contributed by atoms with Gasteiger partial charge in [0.15, 0.2) is 0 Å². The number of methoxy groups -OCH3 is 1. The van der Waals surface area contributed by atoms with Gasteiger partial charge in [-0.1, -0.05) is 12.1 Å². The van der Waals surface area contributed by atoms with Gasteiger partial charge in [-0.3, -0.25) is 9.78 Å². The predicted molar refractivity (Wildman–Crippen MR) is 74.1 cm³/mol. The lowest BCUT2D eigenvalue weighted by Crippen LogP contribution is -2.54. The molecule has 0 amide bonds. The van der Waals surface area contributed by atoms with Gasteiger partial charge in [0.25, 0.3) is 0 Å². The number of ether oxygens (including phenoxy) is 1. The lowest BCUT2D eigenvalue weighted by atomic mass is 9.85. The van der Waals surface area contributed by atoms with Gasteiger partial charge < -0.3 is 9.64 Å². The molecule has 0 aliphatic carbocycles. The van der Waals surface area contributed by atoms with E-state index in [2.05, 4.69) is 14.9 Å². The molecule has 1 aliphatic heterocycles. The second-order valence-electron chi connectivity index (χ2n) is 4.67. The molecule has 3 rings (SSSR count). The summed E-state index contributed by atoms with van der Waals surface area (Å²) in [5.74, 6) is 0.452. The summed E-state index contributed by atoms with van der Waals surface area (Å²) in [6.45, 7) is 0.602. The molecule has 0 aromatic carbocycles. The molecule has 1 fully saturated rings. The van der Waals surface area contributed by atoms with Gasteiger partial charge in [-0.05, 0) is 24.3 Å². The lowest BCUT2D eigenvalue weighted by Gasteiger charge is -2.46. The predicted octanol–water partition coefficient (Wildman–Crippen LogP) is 1.83. The summed E-state index contributed by atoms with van der Waals surface area (Å²) in [6.07, 6.45) is 3.48. The van der Waals surface area contributed by atoms with Gasteiger partial charge in [0.1, 0.15) is 11.7 Å². The smallest absolute Gasteiger partial charge is 0.312 e. The van der Waals surface area contributed by atoms with E-state index in [0.29, 0.717) is 6.54 Å². The SMILES string of the molecule is COC(=O)C1CN(c2ccccn2)C1c1ccccn1. The molecule has 5 heteroatoms. The van der Waals surface area contributed by atoms with Crippen LogP contribution >= 0.6 is 0 Å². The van der Waals surface area contributed by atoms with Gasteiger partial charge in [0.05, 0.1) is 18.8 Å². The van der Waals surface area contributed by atoms with E-state index in [4.69, 9.17) is 4.74 Å². The lowest BCUT2D eigenvalue weighted by molar-refractivity contribution is -0.148. The van der Waals surface area contributed by atoms with Crippen LogP contribution < -0.4 is 4.90 Å². The van der Waals surface area contributed by atoms with E-state index in [1.165, 1.54) is 7.11 Å². The molecule has 2 unspecified atom stereocenters. The third-order valence-corrected chi connectivity index (χ3v) is 3.55. The molecule has 20 heavy (non-hydrogen) atoms. The highest BCUT2D eigenvalue weighted by Gasteiger charge is 2.46. The molecule has 2 atom stereocenters. The van der Waals surface area contributed by atoms with Crippen LogP contribution in [0.15, 0.2) is 48.8 Å². The van der Waals surface area contributed by atoms with Crippen LogP contribution in [0.4, 0.5) is 5.82 Å². The number of pyridine rings is 2. The highest BCUT2D eigenvalue weighted by Crippen LogP contribution is 2.41. The van der Waals surface area contributed by atoms with Gasteiger partial charge >= 0.3 is 5.97 Å². The highest BCUT2D eigenvalue weighted by molar-refractivity contribution is 5.77. The molecule has 0 bridgehead atoms. The van der Waals surface area contributed by atoms with E-state index in [9.17, 15) is 4.79 Å². The Hall–Kier alpha value is -2.43. The van der Waals surface area contributed by atoms with E-state index in [-0.39, 0.29) is 17.9 Å². The van der Waals surface area contributed by atoms with Crippen LogP contribution in [0.3, 0.4) is 0 Å². The number of carbonyl (C=O) groups is 1. The van der Waals surface area contributed by atoms with E-state index in [0.717, 1.165) is 11.5 Å². The highest BCUT2D eigenvalue weighted by atomic mass is 16.5. The zero-order valence-corrected chi connectivity index (χ0v) is 11.1. The second kappa shape index (κ2) is 5.28. The molecule has 0 N–H and O–H groups in total. The normalized spacial score (nSPS) is 21.1. The fourth-order valence-electron chi connectivity index (χ4n) is 2.54. The van der Waals surface area contributed by atoms with Crippen molar-refractivity contribution in [2.45, 2.75) is 6.04 Å². The monoisotopic (exact) mass is 269 g/mol. The van der Waals surface area contributed by atoms with E-state index in [1.807, 2.05) is 36.4 Å². The van der Waals surface area contributed by atoms with Crippen LogP contribution in [0.25, 0.3) is 0 Å². The van der Waals surface area contributed by atoms with Crippen molar-refractivity contribution in [3.63, 3.8) is 0 Å². The first kappa shape index (κ1) is 12.6. The number of esters is 1. The van der Waals surface area contributed by atoms with Crippen molar-refractivity contribution in [1.29, 1.82) is 0 Å². The number of hydrogen-bond acceptors (Lipinski definition) is 5. The zero-order chi connectivity index (χ0) is 13.9. The molecule has 2 aromatic heterocycles. The molecule has 2 aromatic rings. The maximum absolute atomic E-state index is 11.9. The Labute approximate surface area is 117 Å². The number of aromatic nitrogens is 2. The first-order chi connectivity index (χ1) is 9.81. The molecular formula is C15H15N3O2. The van der Waals surface area contributed by atoms with E-state index in [1.54, 1.807) is 12.4 Å². The quantitative estimate of drug-likeness (QED) is 0.796. The summed E-state index contributed by atoms with van der Waals surface area (Å²) < 4.78 is 4.88. The van der Waals surface area contributed by atoms with Gasteiger partial charge in [-0.15, -0.1) is 0 Å². The van der Waals surface area contributed by atoms with Crippen molar-refractivity contribution in [1.82, 2.24) is 9.97 Å². The fraction of sp³-hybridized carbons (Fsp3) is 0.267. The van der Waals surface area contributed by atoms with Crippen LogP contribution in [-0.2, 0) is 9.53 Å². The number of carbonyl (C=O) groups excluding carboxylic acids is 1. The van der Waals surface area contributed by atoms with Gasteiger partial charge in [0, 0.05) is 18.9 Å². The number of hydrogen-bond donors (Lipinski definition) is 0. The Morgan fingerprint density at radius 1 is 1.20 bits per heavy atom. The summed E-state index contributed by atoms with van der Waals surface area (Å²) in [4.78, 5) is 22.6. The van der Waals surface area contributed by atoms with Crippen molar-refractivity contribution in [2.24, 2.45) is 5.92 Å². The molecular weight excluding hydrogens is 254 g/mol. The molecule has 0 radical (unpaired) electrons. The zero-order valence-electron chi connectivity index (χ0n) is 11.1. The molecule has 0 spiro atoms. The maximum atomic E-state index is 11.9. The van der Waals surface area contributed by atoms with Crippen molar-refractivity contribution >= 4 is 11.8 Å². The van der Waals surface area contributed by atoms with Crippen molar-refractivity contribution < 1.29 is 9.53 Å². The summed E-state index contributed by atoms with van der Waals surface area (Å²) in [6, 6.07) is 11.3. The summed E-state index contributed by atoms with van der Waals surface area (Å²) in [5.41, 5.74) is 0.861. The van der Waals surface area contributed by atoms with Crippen molar-refractivity contribution in [3.8, 4) is 0 Å². The fourth-order valence-corrected chi connectivity index (χ4v) is 2.54.